The Morgan fingerprint density at radius 2 is 1.96 bits per heavy atom. The molecule has 0 saturated carbocycles. The summed E-state index contributed by atoms with van der Waals surface area (Å²) in [5, 5.41) is 3.13. The van der Waals surface area contributed by atoms with Gasteiger partial charge in [0.05, 0.1) is 35.5 Å². The van der Waals surface area contributed by atoms with Crippen molar-refractivity contribution < 1.29 is 13.7 Å². The van der Waals surface area contributed by atoms with Crippen LogP contribution in [0.1, 0.15) is 5.56 Å². The van der Waals surface area contributed by atoms with Crippen LogP contribution in [0.5, 0.6) is 5.75 Å². The number of imidazole rings is 1. The molecule has 1 amide bonds. The summed E-state index contributed by atoms with van der Waals surface area (Å²) in [5.74, 6) is 0.0143. The van der Waals surface area contributed by atoms with Crippen molar-refractivity contribution in [3.8, 4) is 17.0 Å². The molecule has 140 valence electrons. The zero-order valence-electron chi connectivity index (χ0n) is 15.4. The molecule has 3 rings (SSSR count). The first-order valence-electron chi connectivity index (χ1n) is 8.39. The largest absolute Gasteiger partial charge is 0.495 e. The predicted molar refractivity (Wildman–Crippen MR) is 106 cm³/mol. The zero-order valence-corrected chi connectivity index (χ0v) is 16.2. The molecular formula is C20H21N3O3S. The van der Waals surface area contributed by atoms with E-state index >= 15 is 0 Å². The highest BCUT2D eigenvalue weighted by molar-refractivity contribution is 7.85. The van der Waals surface area contributed by atoms with Crippen molar-refractivity contribution >= 4 is 22.4 Å². The molecule has 0 aliphatic heterocycles. The van der Waals surface area contributed by atoms with E-state index in [-0.39, 0.29) is 11.7 Å². The van der Waals surface area contributed by atoms with Crippen molar-refractivity contribution in [2.24, 2.45) is 7.05 Å². The first-order chi connectivity index (χ1) is 13.0. The molecule has 0 aliphatic carbocycles. The van der Waals surface area contributed by atoms with Crippen LogP contribution < -0.4 is 10.1 Å². The molecular weight excluding hydrogens is 362 g/mol. The van der Waals surface area contributed by atoms with Gasteiger partial charge >= 0.3 is 0 Å². The molecule has 1 atom stereocenters. The highest BCUT2D eigenvalue weighted by atomic mass is 32.2. The maximum Gasteiger partial charge on any atom is 0.237 e. The lowest BCUT2D eigenvalue weighted by Crippen LogP contribution is -2.21. The molecule has 27 heavy (non-hydrogen) atoms. The summed E-state index contributed by atoms with van der Waals surface area (Å²) in [7, 11) is 1.77. The topological polar surface area (TPSA) is 73.2 Å². The van der Waals surface area contributed by atoms with Gasteiger partial charge in [0.1, 0.15) is 11.5 Å². The summed E-state index contributed by atoms with van der Waals surface area (Å²) in [5.41, 5.74) is 3.37. The standard InChI is InChI=1S/C20H21N3O3S/c1-14-9-10-18(26-3)16(11-14)22-19(24)13-27(25)20-21-12-17(23(20)2)15-7-5-4-6-8-15/h4-12H,13H2,1-3H3,(H,22,24)/t27-/m1/s1. The molecule has 7 heteroatoms. The number of rotatable bonds is 6. The number of nitrogens with zero attached hydrogens (tertiary/aromatic N) is 2. The monoisotopic (exact) mass is 383 g/mol. The lowest BCUT2D eigenvalue weighted by Gasteiger charge is -2.11. The number of hydrogen-bond acceptors (Lipinski definition) is 4. The van der Waals surface area contributed by atoms with Crippen molar-refractivity contribution in [1.29, 1.82) is 0 Å². The Balaban J connectivity index is 1.74. The number of nitrogens with one attached hydrogen (secondary N) is 1. The van der Waals surface area contributed by atoms with Crippen LogP contribution in [0.15, 0.2) is 59.9 Å². The van der Waals surface area contributed by atoms with E-state index in [0.29, 0.717) is 16.6 Å². The Morgan fingerprint density at radius 1 is 1.22 bits per heavy atom. The minimum Gasteiger partial charge on any atom is -0.495 e. The number of aryl methyl sites for hydroxylation is 1. The molecule has 1 N–H and O–H groups in total. The molecule has 0 radical (unpaired) electrons. The van der Waals surface area contributed by atoms with E-state index in [1.54, 1.807) is 23.9 Å². The summed E-state index contributed by atoms with van der Waals surface area (Å²) >= 11 is 0. The van der Waals surface area contributed by atoms with Crippen LogP contribution in [0.3, 0.4) is 0 Å². The van der Waals surface area contributed by atoms with E-state index < -0.39 is 10.8 Å². The van der Waals surface area contributed by atoms with Crippen molar-refractivity contribution in [3.63, 3.8) is 0 Å². The Bertz CT molecular complexity index is 983. The van der Waals surface area contributed by atoms with Crippen molar-refractivity contribution in [1.82, 2.24) is 9.55 Å². The number of benzene rings is 2. The maximum absolute atomic E-state index is 12.7. The lowest BCUT2D eigenvalue weighted by atomic mass is 10.2. The van der Waals surface area contributed by atoms with E-state index in [9.17, 15) is 9.00 Å². The number of amides is 1. The molecule has 1 aromatic heterocycles. The summed E-state index contributed by atoms with van der Waals surface area (Å²) < 4.78 is 19.7. The van der Waals surface area contributed by atoms with Gasteiger partial charge in [0.15, 0.2) is 5.16 Å². The third-order valence-electron chi connectivity index (χ3n) is 4.11. The lowest BCUT2D eigenvalue weighted by molar-refractivity contribution is -0.113. The fourth-order valence-corrected chi connectivity index (χ4v) is 3.78. The molecule has 0 saturated heterocycles. The van der Waals surface area contributed by atoms with Crippen LogP contribution in [-0.4, -0.2) is 32.5 Å². The van der Waals surface area contributed by atoms with E-state index in [0.717, 1.165) is 16.8 Å². The third kappa shape index (κ3) is 4.25. The Morgan fingerprint density at radius 3 is 2.67 bits per heavy atom. The highest BCUT2D eigenvalue weighted by Gasteiger charge is 2.18. The number of aromatic nitrogens is 2. The van der Waals surface area contributed by atoms with Crippen LogP contribution >= 0.6 is 0 Å². The second-order valence-electron chi connectivity index (χ2n) is 6.09. The van der Waals surface area contributed by atoms with Gasteiger partial charge in [-0.25, -0.2) is 4.98 Å². The number of carbonyl (C=O) groups is 1. The van der Waals surface area contributed by atoms with Crippen LogP contribution in [0.4, 0.5) is 5.69 Å². The summed E-state index contributed by atoms with van der Waals surface area (Å²) in [6.07, 6.45) is 1.67. The van der Waals surface area contributed by atoms with E-state index in [2.05, 4.69) is 10.3 Å². The molecule has 2 aromatic carbocycles. The Kier molecular flexibility index (Phi) is 5.71. The predicted octanol–water partition coefficient (Wildman–Crippen LogP) is 3.15. The molecule has 0 fully saturated rings. The van der Waals surface area contributed by atoms with Crippen LogP contribution in [0.2, 0.25) is 0 Å². The van der Waals surface area contributed by atoms with E-state index in [1.807, 2.05) is 49.4 Å². The molecule has 3 aromatic rings. The second kappa shape index (κ2) is 8.18. The summed E-state index contributed by atoms with van der Waals surface area (Å²) in [6, 6.07) is 15.2. The molecule has 0 bridgehead atoms. The maximum atomic E-state index is 12.7. The van der Waals surface area contributed by atoms with Gasteiger partial charge in [-0.15, -0.1) is 0 Å². The quantitative estimate of drug-likeness (QED) is 0.710. The average Bonchev–Trinajstić information content (AvgIpc) is 3.04. The van der Waals surface area contributed by atoms with Gasteiger partial charge in [0, 0.05) is 7.05 Å². The van der Waals surface area contributed by atoms with Gasteiger partial charge in [-0.2, -0.15) is 0 Å². The number of carbonyl (C=O) groups excluding carboxylic acids is 1. The summed E-state index contributed by atoms with van der Waals surface area (Å²) in [4.78, 5) is 16.6. The zero-order chi connectivity index (χ0) is 19.4. The number of hydrogen-bond donors (Lipinski definition) is 1. The van der Waals surface area contributed by atoms with Crippen LogP contribution in [0, 0.1) is 6.92 Å². The minimum atomic E-state index is -1.57. The highest BCUT2D eigenvalue weighted by Crippen LogP contribution is 2.25. The Hall–Kier alpha value is -2.93. The van der Waals surface area contributed by atoms with Gasteiger partial charge in [-0.3, -0.25) is 9.00 Å². The van der Waals surface area contributed by atoms with Gasteiger partial charge < -0.3 is 14.6 Å². The Labute approximate surface area is 160 Å². The van der Waals surface area contributed by atoms with Gasteiger partial charge in [0.2, 0.25) is 5.91 Å². The van der Waals surface area contributed by atoms with Crippen molar-refractivity contribution in [3.05, 3.63) is 60.3 Å². The molecule has 0 spiro atoms. The van der Waals surface area contributed by atoms with Gasteiger partial charge in [0.25, 0.3) is 0 Å². The minimum absolute atomic E-state index is 0.184. The fourth-order valence-electron chi connectivity index (χ4n) is 2.77. The van der Waals surface area contributed by atoms with Crippen LogP contribution in [-0.2, 0) is 22.6 Å². The first-order valence-corrected chi connectivity index (χ1v) is 9.71. The fraction of sp³-hybridized carbons (Fsp3) is 0.200. The number of methoxy groups -OCH3 is 1. The smallest absolute Gasteiger partial charge is 0.237 e. The first kappa shape index (κ1) is 18.8. The number of anilines is 1. The summed E-state index contributed by atoms with van der Waals surface area (Å²) in [6.45, 7) is 1.92. The third-order valence-corrected chi connectivity index (χ3v) is 5.42. The molecule has 6 nitrogen and oxygen atoms in total. The van der Waals surface area contributed by atoms with Gasteiger partial charge in [-0.1, -0.05) is 36.4 Å². The van der Waals surface area contributed by atoms with Gasteiger partial charge in [-0.05, 0) is 30.2 Å². The molecule has 1 heterocycles. The average molecular weight is 383 g/mol. The second-order valence-corrected chi connectivity index (χ2v) is 7.44. The van der Waals surface area contributed by atoms with E-state index in [1.165, 1.54) is 7.11 Å². The van der Waals surface area contributed by atoms with Crippen molar-refractivity contribution in [2.45, 2.75) is 12.1 Å². The van der Waals surface area contributed by atoms with E-state index in [4.69, 9.17) is 4.74 Å². The van der Waals surface area contributed by atoms with Crippen molar-refractivity contribution in [2.75, 3.05) is 18.2 Å². The molecule has 0 aliphatic rings. The number of ether oxygens (including phenoxy) is 1. The van der Waals surface area contributed by atoms with Crippen LogP contribution in [0.25, 0.3) is 11.3 Å². The molecule has 0 unspecified atom stereocenters. The SMILES string of the molecule is COc1ccc(C)cc1NC(=O)C[S@@](=O)c1ncc(-c2ccccc2)n1C. The normalized spacial score (nSPS) is 11.8.